The first-order chi connectivity index (χ1) is 17.0. The Kier molecular flexibility index (Phi) is 6.97. The van der Waals surface area contributed by atoms with Crippen molar-refractivity contribution in [1.82, 2.24) is 24.9 Å². The Morgan fingerprint density at radius 1 is 1.00 bits per heavy atom. The fourth-order valence-corrected chi connectivity index (χ4v) is 3.75. The monoisotopic (exact) mass is 511 g/mol. The van der Waals surface area contributed by atoms with E-state index in [1.165, 1.54) is 18.5 Å². The SMILES string of the molecule is Cc1cnc(COc2nc(C)c(-c3cc(-c4ccnc(C(C)(C)O)n4)ncc3C)c(F)c2Cl)c(F)c1. The number of aliphatic hydroxyl groups is 1. The van der Waals surface area contributed by atoms with E-state index in [1.807, 2.05) is 0 Å². The molecule has 186 valence electrons. The zero-order valence-electron chi connectivity index (χ0n) is 20.4. The third-order valence-corrected chi connectivity index (χ3v) is 5.80. The van der Waals surface area contributed by atoms with Gasteiger partial charge in [-0.2, -0.15) is 0 Å². The zero-order chi connectivity index (χ0) is 26.2. The summed E-state index contributed by atoms with van der Waals surface area (Å²) in [6, 6.07) is 4.67. The molecule has 4 heterocycles. The molecule has 0 aromatic carbocycles. The molecule has 7 nitrogen and oxygen atoms in total. The van der Waals surface area contributed by atoms with E-state index < -0.39 is 17.2 Å². The van der Waals surface area contributed by atoms with Crippen LogP contribution in [0.15, 0.2) is 36.8 Å². The minimum atomic E-state index is -1.24. The van der Waals surface area contributed by atoms with E-state index in [-0.39, 0.29) is 34.6 Å². The van der Waals surface area contributed by atoms with Gasteiger partial charge in [-0.25, -0.2) is 23.7 Å². The molecule has 4 rings (SSSR count). The van der Waals surface area contributed by atoms with Crippen LogP contribution < -0.4 is 4.74 Å². The van der Waals surface area contributed by atoms with Crippen molar-refractivity contribution in [2.24, 2.45) is 0 Å². The second-order valence-electron chi connectivity index (χ2n) is 8.94. The van der Waals surface area contributed by atoms with E-state index in [0.29, 0.717) is 33.8 Å². The highest BCUT2D eigenvalue weighted by Gasteiger charge is 2.23. The number of halogens is 3. The minimum absolute atomic E-state index is 0.0606. The Hall–Kier alpha value is -3.56. The van der Waals surface area contributed by atoms with E-state index in [1.54, 1.807) is 52.9 Å². The average molecular weight is 512 g/mol. The lowest BCUT2D eigenvalue weighted by Crippen LogP contribution is -2.19. The first kappa shape index (κ1) is 25.5. The zero-order valence-corrected chi connectivity index (χ0v) is 21.2. The van der Waals surface area contributed by atoms with E-state index in [9.17, 15) is 9.50 Å². The molecule has 4 aromatic rings. The third-order valence-electron chi connectivity index (χ3n) is 5.47. The van der Waals surface area contributed by atoms with Gasteiger partial charge in [0, 0.05) is 24.2 Å². The molecule has 36 heavy (non-hydrogen) atoms. The lowest BCUT2D eigenvalue weighted by Gasteiger charge is -2.17. The molecular weight excluding hydrogens is 488 g/mol. The fraction of sp³-hybridized carbons (Fsp3) is 0.269. The molecule has 0 saturated carbocycles. The van der Waals surface area contributed by atoms with Crippen LogP contribution in [-0.4, -0.2) is 30.0 Å². The van der Waals surface area contributed by atoms with Gasteiger partial charge in [-0.15, -0.1) is 0 Å². The standard InChI is InChI=1S/C26H24ClF2N5O2/c1-13-8-17(28)20(31-10-13)12-36-24-22(27)23(29)21(15(3)33-24)16-9-19(32-11-14(16)2)18-6-7-30-25(34-18)26(4,5)35/h6-11,35H,12H2,1-5H3. The molecule has 0 bridgehead atoms. The van der Waals surface area contributed by atoms with E-state index in [4.69, 9.17) is 16.3 Å². The highest BCUT2D eigenvalue weighted by atomic mass is 35.5. The normalized spacial score (nSPS) is 11.6. The highest BCUT2D eigenvalue weighted by molar-refractivity contribution is 6.32. The number of aromatic nitrogens is 5. The van der Waals surface area contributed by atoms with Crippen molar-refractivity contribution in [2.75, 3.05) is 0 Å². The summed E-state index contributed by atoms with van der Waals surface area (Å²) in [6.07, 6.45) is 4.64. The summed E-state index contributed by atoms with van der Waals surface area (Å²) >= 11 is 6.29. The van der Waals surface area contributed by atoms with Crippen LogP contribution in [0.2, 0.25) is 5.02 Å². The third kappa shape index (κ3) is 5.17. The van der Waals surface area contributed by atoms with Crippen molar-refractivity contribution in [1.29, 1.82) is 0 Å². The molecule has 0 fully saturated rings. The lowest BCUT2D eigenvalue weighted by atomic mass is 9.99. The van der Waals surface area contributed by atoms with Gasteiger partial charge in [-0.05, 0) is 69.5 Å². The smallest absolute Gasteiger partial charge is 0.236 e. The van der Waals surface area contributed by atoms with Crippen molar-refractivity contribution < 1.29 is 18.6 Å². The Bertz CT molecular complexity index is 1460. The van der Waals surface area contributed by atoms with Gasteiger partial charge in [0.05, 0.1) is 17.1 Å². The number of aryl methyl sites for hydroxylation is 3. The van der Waals surface area contributed by atoms with E-state index >= 15 is 4.39 Å². The second-order valence-corrected chi connectivity index (χ2v) is 9.32. The molecule has 0 spiro atoms. The number of hydrogen-bond acceptors (Lipinski definition) is 7. The number of ether oxygens (including phenoxy) is 1. The molecule has 4 aromatic heterocycles. The van der Waals surface area contributed by atoms with Gasteiger partial charge < -0.3 is 9.84 Å². The largest absolute Gasteiger partial charge is 0.470 e. The lowest BCUT2D eigenvalue weighted by molar-refractivity contribution is 0.0688. The highest BCUT2D eigenvalue weighted by Crippen LogP contribution is 2.37. The summed E-state index contributed by atoms with van der Waals surface area (Å²) in [5, 5.41) is 9.93. The molecular formula is C26H24ClF2N5O2. The van der Waals surface area contributed by atoms with Crippen molar-refractivity contribution >= 4 is 11.6 Å². The molecule has 0 saturated heterocycles. The molecule has 1 N–H and O–H groups in total. The van der Waals surface area contributed by atoms with E-state index in [0.717, 1.165) is 0 Å². The summed E-state index contributed by atoms with van der Waals surface area (Å²) in [7, 11) is 0. The van der Waals surface area contributed by atoms with Crippen molar-refractivity contribution in [3.63, 3.8) is 0 Å². The van der Waals surface area contributed by atoms with Crippen molar-refractivity contribution in [3.8, 4) is 28.4 Å². The topological polar surface area (TPSA) is 93.9 Å². The number of nitrogens with zero attached hydrogens (tertiary/aromatic N) is 5. The van der Waals surface area contributed by atoms with Crippen LogP contribution in [0.25, 0.3) is 22.5 Å². The summed E-state index contributed by atoms with van der Waals surface area (Å²) in [5.41, 5.74) is 2.13. The number of rotatable bonds is 6. The molecule has 0 unspecified atom stereocenters. The summed E-state index contributed by atoms with van der Waals surface area (Å²) in [4.78, 5) is 21.3. The average Bonchev–Trinajstić information content (AvgIpc) is 2.82. The number of hydrogen-bond donors (Lipinski definition) is 1. The van der Waals surface area contributed by atoms with Gasteiger partial charge in [-0.3, -0.25) is 9.97 Å². The van der Waals surface area contributed by atoms with Crippen LogP contribution in [0, 0.1) is 32.4 Å². The Morgan fingerprint density at radius 2 is 1.75 bits per heavy atom. The van der Waals surface area contributed by atoms with E-state index in [2.05, 4.69) is 24.9 Å². The Labute approximate surface area is 212 Å². The quantitative estimate of drug-likeness (QED) is 0.357. The molecule has 0 aliphatic rings. The van der Waals surface area contributed by atoms with Crippen LogP contribution in [0.4, 0.5) is 8.78 Å². The van der Waals surface area contributed by atoms with Gasteiger partial charge in [0.25, 0.3) is 0 Å². The van der Waals surface area contributed by atoms with Gasteiger partial charge in [0.15, 0.2) is 11.6 Å². The molecule has 10 heteroatoms. The summed E-state index contributed by atoms with van der Waals surface area (Å²) in [5.74, 6) is -1.18. The minimum Gasteiger partial charge on any atom is -0.470 e. The summed E-state index contributed by atoms with van der Waals surface area (Å²) < 4.78 is 35.2. The Morgan fingerprint density at radius 3 is 2.44 bits per heavy atom. The molecule has 0 aliphatic carbocycles. The maximum atomic E-state index is 15.6. The van der Waals surface area contributed by atoms with Crippen LogP contribution in [-0.2, 0) is 12.2 Å². The van der Waals surface area contributed by atoms with Crippen LogP contribution in [0.3, 0.4) is 0 Å². The van der Waals surface area contributed by atoms with Gasteiger partial charge in [0.1, 0.15) is 28.7 Å². The van der Waals surface area contributed by atoms with Crippen LogP contribution >= 0.6 is 11.6 Å². The maximum absolute atomic E-state index is 15.6. The van der Waals surface area contributed by atoms with Gasteiger partial charge in [-0.1, -0.05) is 11.6 Å². The number of pyridine rings is 3. The Balaban J connectivity index is 1.71. The molecule has 0 amide bonds. The molecule has 0 radical (unpaired) electrons. The van der Waals surface area contributed by atoms with Crippen LogP contribution in [0.1, 0.15) is 42.2 Å². The predicted molar refractivity (Wildman–Crippen MR) is 131 cm³/mol. The fourth-order valence-electron chi connectivity index (χ4n) is 3.56. The van der Waals surface area contributed by atoms with Crippen molar-refractivity contribution in [2.45, 2.75) is 46.8 Å². The maximum Gasteiger partial charge on any atom is 0.236 e. The first-order valence-corrected chi connectivity index (χ1v) is 11.5. The molecule has 0 aliphatic heterocycles. The predicted octanol–water partition coefficient (Wildman–Crippen LogP) is 5.66. The van der Waals surface area contributed by atoms with Gasteiger partial charge in [0.2, 0.25) is 5.88 Å². The summed E-state index contributed by atoms with van der Waals surface area (Å²) in [6.45, 7) is 8.05. The van der Waals surface area contributed by atoms with Crippen molar-refractivity contribution in [3.05, 3.63) is 81.8 Å². The molecule has 0 atom stereocenters. The van der Waals surface area contributed by atoms with Gasteiger partial charge >= 0.3 is 0 Å². The van der Waals surface area contributed by atoms with Crippen LogP contribution in [0.5, 0.6) is 5.88 Å². The second kappa shape index (κ2) is 9.83. The first-order valence-electron chi connectivity index (χ1n) is 11.1.